The molecule has 0 saturated carbocycles. The van der Waals surface area contributed by atoms with Crippen LogP contribution in [0.1, 0.15) is 18.4 Å². The summed E-state index contributed by atoms with van der Waals surface area (Å²) in [6, 6.07) is 19.1. The van der Waals surface area contributed by atoms with E-state index >= 15 is 0 Å². The highest BCUT2D eigenvalue weighted by Gasteiger charge is 2.06. The molecule has 0 heterocycles. The minimum Gasteiger partial charge on any atom is -0.368 e. The lowest BCUT2D eigenvalue weighted by Crippen LogP contribution is -2.04. The molecule has 3 aromatic carbocycles. The molecule has 0 aliphatic carbocycles. The normalized spacial score (nSPS) is 11.4. The fraction of sp³-hybridized carbons (Fsp3) is 0.200. The minimum absolute atomic E-state index is 0.340. The third-order valence-electron chi connectivity index (χ3n) is 4.03. The van der Waals surface area contributed by atoms with Crippen LogP contribution in [0.25, 0.3) is 21.5 Å². The van der Waals surface area contributed by atoms with Crippen LogP contribution in [0.2, 0.25) is 0 Å². The van der Waals surface area contributed by atoms with Gasteiger partial charge in [0, 0.05) is 6.42 Å². The minimum atomic E-state index is -1.26. The average Bonchev–Trinajstić information content (AvgIpc) is 2.51. The van der Waals surface area contributed by atoms with Crippen molar-refractivity contribution in [3.05, 3.63) is 72.3 Å². The number of aliphatic hydroxyl groups excluding tert-OH is 1. The van der Waals surface area contributed by atoms with E-state index in [0.717, 1.165) is 12.0 Å². The Morgan fingerprint density at radius 2 is 1.59 bits per heavy atom. The number of allylic oxidation sites excluding steroid dienone is 1. The molecule has 0 fully saturated rings. The zero-order valence-corrected chi connectivity index (χ0v) is 12.5. The lowest BCUT2D eigenvalue weighted by atomic mass is 9.95. The Kier molecular flexibility index (Phi) is 4.23. The maximum absolute atomic E-state index is 8.97. The van der Waals surface area contributed by atoms with Gasteiger partial charge in [0.25, 0.3) is 0 Å². The Hall–Kier alpha value is -2.16. The summed E-state index contributed by atoms with van der Waals surface area (Å²) >= 11 is 0. The predicted octanol–water partition coefficient (Wildman–Crippen LogP) is 4.18. The third kappa shape index (κ3) is 3.19. The van der Waals surface area contributed by atoms with Gasteiger partial charge in [-0.25, -0.2) is 0 Å². The van der Waals surface area contributed by atoms with E-state index in [0.29, 0.717) is 12.8 Å². The predicted molar refractivity (Wildman–Crippen MR) is 91.8 cm³/mol. The van der Waals surface area contributed by atoms with E-state index in [4.69, 9.17) is 10.2 Å². The van der Waals surface area contributed by atoms with Gasteiger partial charge in [0.15, 0.2) is 6.29 Å². The first-order valence-electron chi connectivity index (χ1n) is 7.56. The standard InChI is InChI=1S/C20H20O2/c1-14(9-10-20(21)22)11-17-7-4-8-18-12-15-5-2-3-6-16(15)13-19(17)18/h2-8,12-13,20-22H,1,9-11H2. The lowest BCUT2D eigenvalue weighted by molar-refractivity contribution is -0.0447. The monoisotopic (exact) mass is 292 g/mol. The van der Waals surface area contributed by atoms with Crippen LogP contribution in [-0.4, -0.2) is 16.5 Å². The van der Waals surface area contributed by atoms with E-state index in [1.165, 1.54) is 27.1 Å². The maximum Gasteiger partial charge on any atom is 0.151 e. The first-order valence-corrected chi connectivity index (χ1v) is 7.56. The van der Waals surface area contributed by atoms with E-state index in [1.807, 2.05) is 0 Å². The first kappa shape index (κ1) is 14.8. The van der Waals surface area contributed by atoms with Crippen LogP contribution in [0.4, 0.5) is 0 Å². The van der Waals surface area contributed by atoms with Gasteiger partial charge in [-0.2, -0.15) is 0 Å². The van der Waals surface area contributed by atoms with Crippen LogP contribution in [0, 0.1) is 0 Å². The molecule has 2 heteroatoms. The molecule has 3 rings (SSSR count). The Morgan fingerprint density at radius 3 is 2.32 bits per heavy atom. The SMILES string of the molecule is C=C(CCC(O)O)Cc1cccc2cc3ccccc3cc12. The highest BCUT2D eigenvalue weighted by molar-refractivity contribution is 5.99. The van der Waals surface area contributed by atoms with Gasteiger partial charge in [0.05, 0.1) is 0 Å². The summed E-state index contributed by atoms with van der Waals surface area (Å²) in [5, 5.41) is 22.9. The van der Waals surface area contributed by atoms with Gasteiger partial charge in [-0.3, -0.25) is 0 Å². The summed E-state index contributed by atoms with van der Waals surface area (Å²) in [6.07, 6.45) is 0.476. The molecule has 0 spiro atoms. The molecule has 0 aromatic heterocycles. The zero-order chi connectivity index (χ0) is 15.5. The van der Waals surface area contributed by atoms with Crippen molar-refractivity contribution in [2.45, 2.75) is 25.6 Å². The van der Waals surface area contributed by atoms with Crippen LogP contribution >= 0.6 is 0 Å². The first-order chi connectivity index (χ1) is 10.6. The third-order valence-corrected chi connectivity index (χ3v) is 4.03. The Labute approximate surface area is 130 Å². The topological polar surface area (TPSA) is 40.5 Å². The zero-order valence-electron chi connectivity index (χ0n) is 12.5. The van der Waals surface area contributed by atoms with Crippen molar-refractivity contribution in [1.29, 1.82) is 0 Å². The molecule has 2 N–H and O–H groups in total. The molecule has 0 atom stereocenters. The molecule has 0 aliphatic rings. The number of aliphatic hydroxyl groups is 2. The molecule has 0 saturated heterocycles. The number of hydrogen-bond donors (Lipinski definition) is 2. The molecular weight excluding hydrogens is 272 g/mol. The molecule has 0 bridgehead atoms. The van der Waals surface area contributed by atoms with Gasteiger partial charge in [-0.05, 0) is 52.1 Å². The summed E-state index contributed by atoms with van der Waals surface area (Å²) in [7, 11) is 0. The molecule has 2 nitrogen and oxygen atoms in total. The van der Waals surface area contributed by atoms with Crippen molar-refractivity contribution in [3.8, 4) is 0 Å². The Bertz CT molecular complexity index is 818. The summed E-state index contributed by atoms with van der Waals surface area (Å²) < 4.78 is 0. The second kappa shape index (κ2) is 6.30. The van der Waals surface area contributed by atoms with E-state index in [2.05, 4.69) is 61.2 Å². The molecular formula is C20H20O2. The van der Waals surface area contributed by atoms with Crippen LogP contribution in [0.3, 0.4) is 0 Å². The number of benzene rings is 3. The number of fused-ring (bicyclic) bond motifs is 2. The van der Waals surface area contributed by atoms with Crippen molar-refractivity contribution < 1.29 is 10.2 Å². The second-order valence-corrected chi connectivity index (χ2v) is 5.78. The smallest absolute Gasteiger partial charge is 0.151 e. The highest BCUT2D eigenvalue weighted by atomic mass is 16.5. The lowest BCUT2D eigenvalue weighted by Gasteiger charge is -2.11. The fourth-order valence-corrected chi connectivity index (χ4v) is 2.88. The van der Waals surface area contributed by atoms with E-state index < -0.39 is 6.29 Å². The van der Waals surface area contributed by atoms with Gasteiger partial charge in [0.1, 0.15) is 0 Å². The summed E-state index contributed by atoms with van der Waals surface area (Å²) in [5.41, 5.74) is 2.26. The molecule has 3 aromatic rings. The van der Waals surface area contributed by atoms with Gasteiger partial charge in [0.2, 0.25) is 0 Å². The van der Waals surface area contributed by atoms with Crippen molar-refractivity contribution in [1.82, 2.24) is 0 Å². The van der Waals surface area contributed by atoms with E-state index in [1.54, 1.807) is 0 Å². The van der Waals surface area contributed by atoms with Crippen molar-refractivity contribution in [3.63, 3.8) is 0 Å². The van der Waals surface area contributed by atoms with E-state index in [9.17, 15) is 0 Å². The number of rotatable bonds is 5. The Morgan fingerprint density at radius 1 is 0.909 bits per heavy atom. The average molecular weight is 292 g/mol. The quantitative estimate of drug-likeness (QED) is 0.421. The maximum atomic E-state index is 8.97. The van der Waals surface area contributed by atoms with Crippen molar-refractivity contribution in [2.75, 3.05) is 0 Å². The van der Waals surface area contributed by atoms with Crippen LogP contribution in [0.15, 0.2) is 66.7 Å². The van der Waals surface area contributed by atoms with Gasteiger partial charge in [-0.15, -0.1) is 0 Å². The number of hydrogen-bond acceptors (Lipinski definition) is 2. The van der Waals surface area contributed by atoms with Gasteiger partial charge in [-0.1, -0.05) is 54.6 Å². The second-order valence-electron chi connectivity index (χ2n) is 5.78. The summed E-state index contributed by atoms with van der Waals surface area (Å²) in [5.74, 6) is 0. The molecule has 112 valence electrons. The summed E-state index contributed by atoms with van der Waals surface area (Å²) in [6.45, 7) is 4.07. The van der Waals surface area contributed by atoms with Crippen LogP contribution in [-0.2, 0) is 6.42 Å². The molecule has 0 amide bonds. The van der Waals surface area contributed by atoms with E-state index in [-0.39, 0.29) is 0 Å². The van der Waals surface area contributed by atoms with Gasteiger partial charge >= 0.3 is 0 Å². The fourth-order valence-electron chi connectivity index (χ4n) is 2.88. The highest BCUT2D eigenvalue weighted by Crippen LogP contribution is 2.27. The van der Waals surface area contributed by atoms with Gasteiger partial charge < -0.3 is 10.2 Å². The van der Waals surface area contributed by atoms with Crippen LogP contribution < -0.4 is 0 Å². The van der Waals surface area contributed by atoms with Crippen LogP contribution in [0.5, 0.6) is 0 Å². The summed E-state index contributed by atoms with van der Waals surface area (Å²) in [4.78, 5) is 0. The van der Waals surface area contributed by atoms with Crippen molar-refractivity contribution >= 4 is 21.5 Å². The molecule has 0 unspecified atom stereocenters. The largest absolute Gasteiger partial charge is 0.368 e. The molecule has 0 aliphatic heterocycles. The van der Waals surface area contributed by atoms with Crippen molar-refractivity contribution in [2.24, 2.45) is 0 Å². The Balaban J connectivity index is 1.95. The molecule has 22 heavy (non-hydrogen) atoms. The molecule has 0 radical (unpaired) electrons.